The van der Waals surface area contributed by atoms with Gasteiger partial charge in [0.25, 0.3) is 0 Å². The third kappa shape index (κ3) is 14.3. The zero-order valence-electron chi connectivity index (χ0n) is 22.9. The van der Waals surface area contributed by atoms with Crippen LogP contribution in [0.25, 0.3) is 0 Å². The van der Waals surface area contributed by atoms with Gasteiger partial charge in [-0.1, -0.05) is 20.8 Å². The van der Waals surface area contributed by atoms with Crippen molar-refractivity contribution in [2.24, 2.45) is 5.41 Å². The highest BCUT2D eigenvalue weighted by Crippen LogP contribution is 2.25. The topological polar surface area (TPSA) is 133 Å². The average Bonchev–Trinajstić information content (AvgIpc) is 2.83. The van der Waals surface area contributed by atoms with Gasteiger partial charge in [0.2, 0.25) is 0 Å². The molecule has 0 saturated heterocycles. The van der Waals surface area contributed by atoms with Crippen LogP contribution >= 0.6 is 0 Å². The minimum Gasteiger partial charge on any atom is -0.468 e. The SMILES string of the molecule is COOCC(N(CCN(CCN(CC(=O)OC)CC(=O)OC)CC(=O)OC)CC(=O)OC)C(C)(C)C. The number of carbonyl (C=O) groups excluding carboxylic acids is 4. The van der Waals surface area contributed by atoms with E-state index in [9.17, 15) is 19.2 Å². The van der Waals surface area contributed by atoms with Crippen molar-refractivity contribution in [3.05, 3.63) is 0 Å². The molecule has 0 aromatic carbocycles. The predicted molar refractivity (Wildman–Crippen MR) is 129 cm³/mol. The molecule has 0 saturated carbocycles. The summed E-state index contributed by atoms with van der Waals surface area (Å²) in [5.74, 6) is -1.87. The summed E-state index contributed by atoms with van der Waals surface area (Å²) in [5.41, 5.74) is -0.280. The second-order valence-corrected chi connectivity index (χ2v) is 9.09. The maximum atomic E-state index is 12.2. The molecule has 0 amide bonds. The van der Waals surface area contributed by atoms with Crippen molar-refractivity contribution in [3.8, 4) is 0 Å². The molecule has 0 aromatic heterocycles. The fraction of sp³-hybridized carbons (Fsp3) is 0.826. The summed E-state index contributed by atoms with van der Waals surface area (Å²) < 4.78 is 19.1. The van der Waals surface area contributed by atoms with Crippen molar-refractivity contribution < 1.29 is 47.9 Å². The first-order chi connectivity index (χ1) is 16.9. The lowest BCUT2D eigenvalue weighted by Gasteiger charge is -2.40. The maximum absolute atomic E-state index is 12.2. The molecule has 0 N–H and O–H groups in total. The second-order valence-electron chi connectivity index (χ2n) is 9.09. The van der Waals surface area contributed by atoms with Crippen molar-refractivity contribution >= 4 is 23.9 Å². The van der Waals surface area contributed by atoms with Crippen LogP contribution in [0.15, 0.2) is 0 Å². The lowest BCUT2D eigenvalue weighted by Crippen LogP contribution is -2.52. The van der Waals surface area contributed by atoms with Gasteiger partial charge in [-0.15, -0.1) is 0 Å². The highest BCUT2D eigenvalue weighted by Gasteiger charge is 2.33. The summed E-state index contributed by atoms with van der Waals surface area (Å²) >= 11 is 0. The number of hydrogen-bond acceptors (Lipinski definition) is 13. The number of hydrogen-bond donors (Lipinski definition) is 0. The predicted octanol–water partition coefficient (Wildman–Crippen LogP) is -0.423. The highest BCUT2D eigenvalue weighted by atomic mass is 17.2. The van der Waals surface area contributed by atoms with Crippen LogP contribution in [0.3, 0.4) is 0 Å². The Hall–Kier alpha value is -2.32. The largest absolute Gasteiger partial charge is 0.468 e. The van der Waals surface area contributed by atoms with E-state index < -0.39 is 23.9 Å². The van der Waals surface area contributed by atoms with Crippen molar-refractivity contribution in [3.63, 3.8) is 0 Å². The van der Waals surface area contributed by atoms with Gasteiger partial charge in [-0.2, -0.15) is 0 Å². The van der Waals surface area contributed by atoms with Crippen LogP contribution < -0.4 is 0 Å². The lowest BCUT2D eigenvalue weighted by atomic mass is 9.86. The van der Waals surface area contributed by atoms with Gasteiger partial charge in [0, 0.05) is 32.2 Å². The Labute approximate surface area is 213 Å². The van der Waals surface area contributed by atoms with Crippen LogP contribution in [0.5, 0.6) is 0 Å². The first kappa shape index (κ1) is 33.7. The molecule has 13 heteroatoms. The molecule has 13 nitrogen and oxygen atoms in total. The third-order valence-electron chi connectivity index (χ3n) is 5.52. The van der Waals surface area contributed by atoms with E-state index in [1.54, 1.807) is 4.90 Å². The molecule has 0 fully saturated rings. The van der Waals surface area contributed by atoms with Crippen LogP contribution in [-0.2, 0) is 47.9 Å². The van der Waals surface area contributed by atoms with E-state index in [0.29, 0.717) is 19.6 Å². The van der Waals surface area contributed by atoms with Crippen LogP contribution in [-0.4, -0.2) is 139 Å². The van der Waals surface area contributed by atoms with E-state index in [2.05, 4.69) is 0 Å². The van der Waals surface area contributed by atoms with Crippen molar-refractivity contribution in [2.75, 3.05) is 94.5 Å². The third-order valence-corrected chi connectivity index (χ3v) is 5.52. The van der Waals surface area contributed by atoms with Crippen LogP contribution in [0.1, 0.15) is 20.8 Å². The minimum atomic E-state index is -0.506. The number of ether oxygens (including phenoxy) is 4. The Kier molecular flexibility index (Phi) is 16.8. The molecule has 1 unspecified atom stereocenters. The zero-order chi connectivity index (χ0) is 27.7. The average molecular weight is 522 g/mol. The number of methoxy groups -OCH3 is 4. The summed E-state index contributed by atoms with van der Waals surface area (Å²) in [6, 6.07) is -0.216. The molecule has 0 aliphatic heterocycles. The molecule has 0 aliphatic rings. The molecule has 0 aliphatic carbocycles. The molecule has 0 spiro atoms. The fourth-order valence-electron chi connectivity index (χ4n) is 3.39. The van der Waals surface area contributed by atoms with E-state index in [0.717, 1.165) is 0 Å². The lowest BCUT2D eigenvalue weighted by molar-refractivity contribution is -0.285. The molecule has 0 heterocycles. The maximum Gasteiger partial charge on any atom is 0.319 e. The van der Waals surface area contributed by atoms with Gasteiger partial charge in [0.1, 0.15) is 0 Å². The number of esters is 4. The second kappa shape index (κ2) is 18.0. The highest BCUT2D eigenvalue weighted by molar-refractivity contribution is 5.75. The van der Waals surface area contributed by atoms with E-state index >= 15 is 0 Å². The van der Waals surface area contributed by atoms with Crippen molar-refractivity contribution in [1.82, 2.24) is 14.7 Å². The number of rotatable bonds is 18. The number of carbonyl (C=O) groups is 4. The summed E-state index contributed by atoms with van der Waals surface area (Å²) in [6.07, 6.45) is 0. The molecule has 0 radical (unpaired) electrons. The normalized spacial score (nSPS) is 12.5. The Morgan fingerprint density at radius 1 is 0.611 bits per heavy atom. The summed E-state index contributed by atoms with van der Waals surface area (Å²) in [7, 11) is 6.55. The molecule has 0 aromatic rings. The van der Waals surface area contributed by atoms with Crippen molar-refractivity contribution in [2.45, 2.75) is 26.8 Å². The Balaban J connectivity index is 5.62. The molecule has 1 atom stereocenters. The van der Waals surface area contributed by atoms with Gasteiger partial charge in [-0.05, 0) is 5.41 Å². The van der Waals surface area contributed by atoms with E-state index in [1.165, 1.54) is 35.5 Å². The van der Waals surface area contributed by atoms with Gasteiger partial charge >= 0.3 is 23.9 Å². The number of nitrogens with zero attached hydrogens (tertiary/aromatic N) is 3. The van der Waals surface area contributed by atoms with E-state index in [1.807, 2.05) is 30.6 Å². The minimum absolute atomic E-state index is 0.00831. The van der Waals surface area contributed by atoms with Crippen LogP contribution in [0.4, 0.5) is 0 Å². The Bertz CT molecular complexity index is 666. The van der Waals surface area contributed by atoms with Gasteiger partial charge in [-0.3, -0.25) is 33.9 Å². The van der Waals surface area contributed by atoms with Crippen LogP contribution in [0, 0.1) is 5.41 Å². The molecule has 0 rings (SSSR count). The summed E-state index contributed by atoms with van der Waals surface area (Å²) in [5, 5.41) is 0. The Morgan fingerprint density at radius 2 is 1.00 bits per heavy atom. The Morgan fingerprint density at radius 3 is 1.42 bits per heavy atom. The fourth-order valence-corrected chi connectivity index (χ4v) is 3.39. The van der Waals surface area contributed by atoms with Gasteiger partial charge in [-0.25, -0.2) is 9.78 Å². The standard InChI is InChI=1S/C23H43N3O10/c1-23(2,3)18(17-36-35-8)26(16-22(30)34-7)12-11-24(13-19(27)31-4)9-10-25(14-20(28)32-5)15-21(29)33-6/h18H,9-17H2,1-8H3. The quantitative estimate of drug-likeness (QED) is 0.100. The molecule has 210 valence electrons. The van der Waals surface area contributed by atoms with Crippen LogP contribution in [0.2, 0.25) is 0 Å². The summed E-state index contributed by atoms with van der Waals surface area (Å²) in [4.78, 5) is 63.1. The monoisotopic (exact) mass is 521 g/mol. The first-order valence-corrected chi connectivity index (χ1v) is 11.5. The molecular formula is C23H43N3O10. The first-order valence-electron chi connectivity index (χ1n) is 11.5. The zero-order valence-corrected chi connectivity index (χ0v) is 22.9. The molecule has 0 bridgehead atoms. The van der Waals surface area contributed by atoms with E-state index in [-0.39, 0.29) is 50.8 Å². The van der Waals surface area contributed by atoms with Crippen molar-refractivity contribution in [1.29, 1.82) is 0 Å². The van der Waals surface area contributed by atoms with Gasteiger partial charge in [0.05, 0.1) is 68.3 Å². The van der Waals surface area contributed by atoms with Gasteiger partial charge in [0.15, 0.2) is 0 Å². The molecular weight excluding hydrogens is 478 g/mol. The van der Waals surface area contributed by atoms with E-state index in [4.69, 9.17) is 28.7 Å². The summed E-state index contributed by atoms with van der Waals surface area (Å²) in [6.45, 7) is 7.36. The molecule has 36 heavy (non-hydrogen) atoms. The smallest absolute Gasteiger partial charge is 0.319 e. The van der Waals surface area contributed by atoms with Gasteiger partial charge < -0.3 is 18.9 Å².